The van der Waals surface area contributed by atoms with Gasteiger partial charge in [-0.2, -0.15) is 0 Å². The molecule has 3 rings (SSSR count). The van der Waals surface area contributed by atoms with Crippen LogP contribution in [0.5, 0.6) is 0 Å². The molecule has 1 aliphatic rings. The van der Waals surface area contributed by atoms with Crippen LogP contribution in [0.3, 0.4) is 0 Å². The van der Waals surface area contributed by atoms with Crippen LogP contribution in [-0.4, -0.2) is 0 Å². The molecule has 0 aliphatic heterocycles. The van der Waals surface area contributed by atoms with Crippen LogP contribution in [0.2, 0.25) is 9.36 Å². The molecule has 21 heavy (non-hydrogen) atoms. The number of fused-ring (bicyclic) bond motifs is 1. The number of benzene rings is 2. The Labute approximate surface area is 136 Å². The van der Waals surface area contributed by atoms with E-state index in [0.717, 1.165) is 0 Å². The van der Waals surface area contributed by atoms with Gasteiger partial charge in [-0.15, -0.1) is 0 Å². The zero-order valence-electron chi connectivity index (χ0n) is 13.4. The zero-order valence-corrected chi connectivity index (χ0v) is 17.0. The van der Waals surface area contributed by atoms with Gasteiger partial charge in [0.1, 0.15) is 0 Å². The van der Waals surface area contributed by atoms with E-state index in [0.29, 0.717) is 3.17 Å². The predicted octanol–water partition coefficient (Wildman–Crippen LogP) is 5.48. The molecule has 107 valence electrons. The Balaban J connectivity index is 2.10. The van der Waals surface area contributed by atoms with E-state index in [1.807, 2.05) is 0 Å². The van der Waals surface area contributed by atoms with Crippen molar-refractivity contribution in [1.82, 2.24) is 0 Å². The summed E-state index contributed by atoms with van der Waals surface area (Å²) in [6, 6.07) is 15.8. The maximum atomic E-state index is 2.56. The van der Waals surface area contributed by atoms with Crippen molar-refractivity contribution in [1.29, 1.82) is 0 Å². The van der Waals surface area contributed by atoms with Gasteiger partial charge in [0, 0.05) is 0 Å². The molecule has 1 unspecified atom stereocenters. The second kappa shape index (κ2) is 5.68. The minimum atomic E-state index is -1.67. The molecule has 0 saturated heterocycles. The fraction of sp³-hybridized carbons (Fsp3) is 0.300. The summed E-state index contributed by atoms with van der Waals surface area (Å²) >= 11 is -1.67. The van der Waals surface area contributed by atoms with Crippen LogP contribution in [0.15, 0.2) is 48.5 Å². The van der Waals surface area contributed by atoms with Crippen molar-refractivity contribution in [2.45, 2.75) is 32.8 Å². The normalized spacial score (nSPS) is 19.6. The van der Waals surface area contributed by atoms with E-state index in [4.69, 9.17) is 0 Å². The van der Waals surface area contributed by atoms with Gasteiger partial charge in [0.25, 0.3) is 0 Å². The van der Waals surface area contributed by atoms with Gasteiger partial charge < -0.3 is 0 Å². The number of rotatable bonds is 3. The van der Waals surface area contributed by atoms with Gasteiger partial charge in [0.05, 0.1) is 0 Å². The maximum absolute atomic E-state index is 2.56. The third-order valence-corrected chi connectivity index (χ3v) is 13.5. The molecular weight excluding hydrogens is 419 g/mol. The molecule has 2 aromatic rings. The number of hydrogen-bond acceptors (Lipinski definition) is 0. The molecule has 1 heteroatoms. The monoisotopic (exact) mass is 443 g/mol. The summed E-state index contributed by atoms with van der Waals surface area (Å²) in [5.41, 5.74) is 7.37. The molecular formula is C20H23Hf. The molecule has 0 bridgehead atoms. The standard InChI is InChI=1S/C18H17.2CH3.Hf/c1-13-10-16-8-9-17(18(16)11-14(13)2)12-15-6-4-3-5-7-15;;;/h3-11H,12H2,1-2H3;2*1H3;. The van der Waals surface area contributed by atoms with Gasteiger partial charge in [-0.1, -0.05) is 0 Å². The summed E-state index contributed by atoms with van der Waals surface area (Å²) in [5.74, 6) is 0. The molecule has 1 atom stereocenters. The zero-order chi connectivity index (χ0) is 15.0. The summed E-state index contributed by atoms with van der Waals surface area (Å²) in [7, 11) is 0. The molecule has 0 N–H and O–H groups in total. The van der Waals surface area contributed by atoms with Crippen molar-refractivity contribution in [2.75, 3.05) is 0 Å². The van der Waals surface area contributed by atoms with Crippen molar-refractivity contribution in [3.05, 3.63) is 76.4 Å². The van der Waals surface area contributed by atoms with Crippen LogP contribution in [0, 0.1) is 13.8 Å². The summed E-state index contributed by atoms with van der Waals surface area (Å²) in [6.45, 7) is 4.47. The molecule has 2 aromatic carbocycles. The van der Waals surface area contributed by atoms with E-state index < -0.39 is 21.4 Å². The quantitative estimate of drug-likeness (QED) is 0.553. The average molecular weight is 442 g/mol. The second-order valence-corrected chi connectivity index (χ2v) is 16.9. The van der Waals surface area contributed by atoms with Crippen LogP contribution >= 0.6 is 0 Å². The van der Waals surface area contributed by atoms with Crippen LogP contribution in [0.4, 0.5) is 0 Å². The molecule has 0 nitrogen and oxygen atoms in total. The van der Waals surface area contributed by atoms with E-state index in [9.17, 15) is 0 Å². The second-order valence-electron chi connectivity index (χ2n) is 6.49. The van der Waals surface area contributed by atoms with E-state index in [1.165, 1.54) is 28.7 Å². The van der Waals surface area contributed by atoms with Gasteiger partial charge in [0.2, 0.25) is 0 Å². The molecule has 0 saturated carbocycles. The Bertz CT molecular complexity index is 682. The van der Waals surface area contributed by atoms with Gasteiger partial charge in [-0.25, -0.2) is 0 Å². The Morgan fingerprint density at radius 3 is 2.29 bits per heavy atom. The third-order valence-electron chi connectivity index (χ3n) is 4.91. The molecule has 0 aromatic heterocycles. The molecule has 1 aliphatic carbocycles. The van der Waals surface area contributed by atoms with Crippen LogP contribution < -0.4 is 0 Å². The fourth-order valence-electron chi connectivity index (χ4n) is 3.37. The van der Waals surface area contributed by atoms with E-state index in [1.54, 1.807) is 5.56 Å². The average Bonchev–Trinajstić information content (AvgIpc) is 2.80. The molecule has 0 fully saturated rings. The molecule has 0 radical (unpaired) electrons. The molecule has 0 amide bonds. The SMILES string of the molecule is Cc1cc2c(cc1C)[C](Cc1ccccc1)([Hf]([CH3])[CH3])C=C2. The summed E-state index contributed by atoms with van der Waals surface area (Å²) < 4.78 is 5.46. The van der Waals surface area contributed by atoms with Crippen LogP contribution in [0.1, 0.15) is 27.8 Å². The van der Waals surface area contributed by atoms with Crippen molar-refractivity contribution >= 4 is 6.08 Å². The molecule has 0 heterocycles. The number of hydrogen-bond donors (Lipinski definition) is 0. The van der Waals surface area contributed by atoms with E-state index in [-0.39, 0.29) is 0 Å². The van der Waals surface area contributed by atoms with E-state index >= 15 is 0 Å². The van der Waals surface area contributed by atoms with Gasteiger partial charge in [-0.3, -0.25) is 0 Å². The van der Waals surface area contributed by atoms with Crippen molar-refractivity contribution in [3.63, 3.8) is 0 Å². The van der Waals surface area contributed by atoms with E-state index in [2.05, 4.69) is 77.8 Å². The van der Waals surface area contributed by atoms with Crippen molar-refractivity contribution in [2.24, 2.45) is 0 Å². The Morgan fingerprint density at radius 1 is 0.952 bits per heavy atom. The van der Waals surface area contributed by atoms with Crippen LogP contribution in [0.25, 0.3) is 6.08 Å². The first-order chi connectivity index (χ1) is 10.0. The first kappa shape index (κ1) is 15.0. The Morgan fingerprint density at radius 2 is 1.62 bits per heavy atom. The first-order valence-corrected chi connectivity index (χ1v) is 16.7. The third kappa shape index (κ3) is 2.61. The van der Waals surface area contributed by atoms with Crippen LogP contribution in [-0.2, 0) is 31.0 Å². The topological polar surface area (TPSA) is 0 Å². The van der Waals surface area contributed by atoms with Gasteiger partial charge in [0.15, 0.2) is 0 Å². The Hall–Kier alpha value is -0.950. The summed E-state index contributed by atoms with van der Waals surface area (Å²) in [5, 5.41) is 0. The van der Waals surface area contributed by atoms with Crippen molar-refractivity contribution in [3.8, 4) is 0 Å². The Kier molecular flexibility index (Phi) is 4.05. The van der Waals surface area contributed by atoms with Gasteiger partial charge >= 0.3 is 137 Å². The minimum absolute atomic E-state index is 0.347. The first-order valence-electron chi connectivity index (χ1n) is 7.68. The predicted molar refractivity (Wildman–Crippen MR) is 88.5 cm³/mol. The number of allylic oxidation sites excluding steroid dienone is 1. The fourth-order valence-corrected chi connectivity index (χ4v) is 9.58. The number of aryl methyl sites for hydroxylation is 2. The van der Waals surface area contributed by atoms with Crippen molar-refractivity contribution < 1.29 is 21.4 Å². The molecule has 0 spiro atoms. The van der Waals surface area contributed by atoms with Gasteiger partial charge in [-0.05, 0) is 0 Å². The summed E-state index contributed by atoms with van der Waals surface area (Å²) in [4.78, 5) is 0. The summed E-state index contributed by atoms with van der Waals surface area (Å²) in [6.07, 6.45) is 6.09.